The number of anilines is 1. The summed E-state index contributed by atoms with van der Waals surface area (Å²) in [6.45, 7) is 1.69. The highest BCUT2D eigenvalue weighted by Crippen LogP contribution is 2.07. The van der Waals surface area contributed by atoms with Crippen molar-refractivity contribution in [3.8, 4) is 0 Å². The van der Waals surface area contributed by atoms with E-state index in [-0.39, 0.29) is 5.91 Å². The fourth-order valence-corrected chi connectivity index (χ4v) is 1.79. The monoisotopic (exact) mass is 285 g/mol. The number of pyridine rings is 1. The number of nitrogens with zero attached hydrogens (tertiary/aromatic N) is 1. The minimum atomic E-state index is -0.144. The zero-order valence-electron chi connectivity index (χ0n) is 12.0. The first-order chi connectivity index (χ1) is 10.3. The number of methoxy groups -OCH3 is 1. The number of hydrogen-bond donors (Lipinski definition) is 2. The van der Waals surface area contributed by atoms with Crippen LogP contribution in [0.3, 0.4) is 0 Å². The Morgan fingerprint density at radius 3 is 2.67 bits per heavy atom. The van der Waals surface area contributed by atoms with Crippen LogP contribution in [0.1, 0.15) is 15.9 Å². The maximum absolute atomic E-state index is 11.8. The molecule has 2 N–H and O–H groups in total. The average molecular weight is 285 g/mol. The number of rotatable bonds is 7. The van der Waals surface area contributed by atoms with Crippen molar-refractivity contribution in [3.63, 3.8) is 0 Å². The van der Waals surface area contributed by atoms with Gasteiger partial charge >= 0.3 is 0 Å². The Hall–Kier alpha value is -2.40. The molecule has 0 aliphatic carbocycles. The van der Waals surface area contributed by atoms with Crippen LogP contribution in [0.15, 0.2) is 48.7 Å². The molecular weight excluding hydrogens is 266 g/mol. The van der Waals surface area contributed by atoms with Gasteiger partial charge in [0.1, 0.15) is 5.82 Å². The maximum atomic E-state index is 11.8. The standard InChI is InChI=1S/C16H19N3O2/c1-21-10-9-17-16(20)14-7-8-15(19-12-14)18-11-13-5-3-2-4-6-13/h2-8,12H,9-11H2,1H3,(H,17,20)(H,18,19). The molecule has 1 heterocycles. The summed E-state index contributed by atoms with van der Waals surface area (Å²) in [7, 11) is 1.60. The van der Waals surface area contributed by atoms with Crippen LogP contribution in [0, 0.1) is 0 Å². The number of aromatic nitrogens is 1. The Morgan fingerprint density at radius 2 is 2.00 bits per heavy atom. The van der Waals surface area contributed by atoms with Gasteiger partial charge < -0.3 is 15.4 Å². The van der Waals surface area contributed by atoms with Gasteiger partial charge in [0.2, 0.25) is 0 Å². The van der Waals surface area contributed by atoms with Crippen molar-refractivity contribution in [1.82, 2.24) is 10.3 Å². The summed E-state index contributed by atoms with van der Waals surface area (Å²) in [5, 5.41) is 5.97. The van der Waals surface area contributed by atoms with Crippen LogP contribution in [-0.4, -0.2) is 31.2 Å². The maximum Gasteiger partial charge on any atom is 0.252 e. The Balaban J connectivity index is 1.85. The van der Waals surface area contributed by atoms with E-state index in [1.165, 1.54) is 5.56 Å². The topological polar surface area (TPSA) is 63.2 Å². The normalized spacial score (nSPS) is 10.1. The third-order valence-corrected chi connectivity index (χ3v) is 2.93. The highest BCUT2D eigenvalue weighted by Gasteiger charge is 2.05. The molecule has 0 atom stereocenters. The third kappa shape index (κ3) is 4.89. The van der Waals surface area contributed by atoms with Crippen molar-refractivity contribution in [2.45, 2.75) is 6.54 Å². The van der Waals surface area contributed by atoms with Crippen LogP contribution in [0.25, 0.3) is 0 Å². The van der Waals surface area contributed by atoms with Crippen LogP contribution in [-0.2, 0) is 11.3 Å². The Labute approximate surface area is 124 Å². The molecule has 0 bridgehead atoms. The summed E-state index contributed by atoms with van der Waals surface area (Å²) in [5.41, 5.74) is 1.72. The highest BCUT2D eigenvalue weighted by atomic mass is 16.5. The van der Waals surface area contributed by atoms with Crippen molar-refractivity contribution in [3.05, 3.63) is 59.8 Å². The summed E-state index contributed by atoms with van der Waals surface area (Å²) in [6.07, 6.45) is 1.56. The number of carbonyl (C=O) groups is 1. The van der Waals surface area contributed by atoms with E-state index < -0.39 is 0 Å². The lowest BCUT2D eigenvalue weighted by Crippen LogP contribution is -2.27. The minimum Gasteiger partial charge on any atom is -0.383 e. The van der Waals surface area contributed by atoms with Crippen LogP contribution in [0.5, 0.6) is 0 Å². The quantitative estimate of drug-likeness (QED) is 0.764. The zero-order chi connectivity index (χ0) is 14.9. The number of carbonyl (C=O) groups excluding carboxylic acids is 1. The molecular formula is C16H19N3O2. The summed E-state index contributed by atoms with van der Waals surface area (Å²) in [4.78, 5) is 16.0. The molecule has 0 aliphatic rings. The fraction of sp³-hybridized carbons (Fsp3) is 0.250. The molecule has 5 heteroatoms. The number of nitrogens with one attached hydrogen (secondary N) is 2. The second-order valence-electron chi connectivity index (χ2n) is 4.52. The van der Waals surface area contributed by atoms with Crippen molar-refractivity contribution in [2.75, 3.05) is 25.6 Å². The van der Waals surface area contributed by atoms with Gasteiger partial charge in [-0.25, -0.2) is 4.98 Å². The first-order valence-electron chi connectivity index (χ1n) is 6.80. The Bertz CT molecular complexity index is 555. The van der Waals surface area contributed by atoms with Crippen LogP contribution in [0.4, 0.5) is 5.82 Å². The van der Waals surface area contributed by atoms with Gasteiger partial charge in [0, 0.05) is 26.4 Å². The summed E-state index contributed by atoms with van der Waals surface area (Å²) in [5.74, 6) is 0.599. The fourth-order valence-electron chi connectivity index (χ4n) is 1.79. The van der Waals surface area contributed by atoms with E-state index in [4.69, 9.17) is 4.74 Å². The predicted octanol–water partition coefficient (Wildman–Crippen LogP) is 2.07. The lowest BCUT2D eigenvalue weighted by Gasteiger charge is -2.07. The molecule has 5 nitrogen and oxygen atoms in total. The molecule has 1 aromatic heterocycles. The summed E-state index contributed by atoms with van der Waals surface area (Å²) >= 11 is 0. The van der Waals surface area contributed by atoms with E-state index in [0.29, 0.717) is 25.3 Å². The number of ether oxygens (including phenoxy) is 1. The van der Waals surface area contributed by atoms with Crippen molar-refractivity contribution < 1.29 is 9.53 Å². The van der Waals surface area contributed by atoms with E-state index >= 15 is 0 Å². The van der Waals surface area contributed by atoms with Gasteiger partial charge in [-0.05, 0) is 17.7 Å². The smallest absolute Gasteiger partial charge is 0.252 e. The van der Waals surface area contributed by atoms with Crippen molar-refractivity contribution in [1.29, 1.82) is 0 Å². The number of amides is 1. The largest absolute Gasteiger partial charge is 0.383 e. The number of hydrogen-bond acceptors (Lipinski definition) is 4. The molecule has 0 fully saturated rings. The molecule has 1 aromatic carbocycles. The molecule has 0 aliphatic heterocycles. The van der Waals surface area contributed by atoms with E-state index in [9.17, 15) is 4.79 Å². The third-order valence-electron chi connectivity index (χ3n) is 2.93. The van der Waals surface area contributed by atoms with E-state index in [1.807, 2.05) is 30.3 Å². The first kappa shape index (κ1) is 15.0. The van der Waals surface area contributed by atoms with E-state index in [1.54, 1.807) is 25.4 Å². The van der Waals surface area contributed by atoms with Gasteiger partial charge in [-0.2, -0.15) is 0 Å². The molecule has 2 aromatic rings. The van der Waals surface area contributed by atoms with Crippen molar-refractivity contribution in [2.24, 2.45) is 0 Å². The van der Waals surface area contributed by atoms with E-state index in [2.05, 4.69) is 15.6 Å². The van der Waals surface area contributed by atoms with Gasteiger partial charge in [0.25, 0.3) is 5.91 Å². The molecule has 110 valence electrons. The van der Waals surface area contributed by atoms with Crippen LogP contribution < -0.4 is 10.6 Å². The van der Waals surface area contributed by atoms with Crippen LogP contribution >= 0.6 is 0 Å². The molecule has 0 radical (unpaired) electrons. The highest BCUT2D eigenvalue weighted by molar-refractivity contribution is 5.94. The molecule has 0 spiro atoms. The molecule has 0 unspecified atom stereocenters. The zero-order valence-corrected chi connectivity index (χ0v) is 12.0. The van der Waals surface area contributed by atoms with Gasteiger partial charge in [0.05, 0.1) is 12.2 Å². The molecule has 1 amide bonds. The Morgan fingerprint density at radius 1 is 1.19 bits per heavy atom. The van der Waals surface area contributed by atoms with Crippen LogP contribution in [0.2, 0.25) is 0 Å². The molecule has 21 heavy (non-hydrogen) atoms. The van der Waals surface area contributed by atoms with Gasteiger partial charge in [-0.3, -0.25) is 4.79 Å². The van der Waals surface area contributed by atoms with E-state index in [0.717, 1.165) is 5.82 Å². The second-order valence-corrected chi connectivity index (χ2v) is 4.52. The minimum absolute atomic E-state index is 0.144. The molecule has 0 saturated heterocycles. The van der Waals surface area contributed by atoms with Gasteiger partial charge in [-0.1, -0.05) is 30.3 Å². The van der Waals surface area contributed by atoms with Gasteiger partial charge in [0.15, 0.2) is 0 Å². The molecule has 0 saturated carbocycles. The average Bonchev–Trinajstić information content (AvgIpc) is 2.54. The van der Waals surface area contributed by atoms with Crippen molar-refractivity contribution >= 4 is 11.7 Å². The molecule has 2 rings (SSSR count). The second kappa shape index (κ2) is 8.01. The summed E-state index contributed by atoms with van der Waals surface area (Å²) in [6, 6.07) is 13.6. The summed E-state index contributed by atoms with van der Waals surface area (Å²) < 4.78 is 4.88. The van der Waals surface area contributed by atoms with Gasteiger partial charge in [-0.15, -0.1) is 0 Å². The predicted molar refractivity (Wildman–Crippen MR) is 82.2 cm³/mol. The first-order valence-corrected chi connectivity index (χ1v) is 6.80. The lowest BCUT2D eigenvalue weighted by molar-refractivity contribution is 0.0937. The SMILES string of the molecule is COCCNC(=O)c1ccc(NCc2ccccc2)nc1. The Kier molecular flexibility index (Phi) is 5.72. The number of benzene rings is 1. The lowest BCUT2D eigenvalue weighted by atomic mass is 10.2.